The SMILES string of the molecule is c1ccc(-c2nc(-c3cc([Si](c4ccccc4)(c4ccccc4)c4ccccc4)cc([Si](c4ccccc4)(c4ccccc4)c4ccccc4)c3)nc(N3c4ccccc4Cc4ccccc43)n2)cc1. The lowest BCUT2D eigenvalue weighted by atomic mass is 9.96. The number of anilines is 3. The highest BCUT2D eigenvalue weighted by Gasteiger charge is 2.46. The number of hydrogen-bond acceptors (Lipinski definition) is 4. The Labute approximate surface area is 412 Å². The molecule has 11 aromatic rings. The number of hydrogen-bond donors (Lipinski definition) is 0. The fourth-order valence-corrected chi connectivity index (χ4v) is 20.7. The van der Waals surface area contributed by atoms with Crippen molar-refractivity contribution in [1.29, 1.82) is 0 Å². The van der Waals surface area contributed by atoms with E-state index in [9.17, 15) is 0 Å². The molecule has 0 aliphatic carbocycles. The third-order valence-electron chi connectivity index (χ3n) is 14.0. The first kappa shape index (κ1) is 42.8. The van der Waals surface area contributed by atoms with Gasteiger partial charge in [-0.25, -0.2) is 4.98 Å². The number of fused-ring (bicyclic) bond motifs is 2. The van der Waals surface area contributed by atoms with E-state index < -0.39 is 16.1 Å². The molecule has 0 atom stereocenters. The molecule has 1 aliphatic rings. The molecule has 1 aliphatic heterocycles. The highest BCUT2D eigenvalue weighted by atomic mass is 28.3. The number of nitrogens with zero attached hydrogens (tertiary/aromatic N) is 4. The van der Waals surface area contributed by atoms with Gasteiger partial charge in [-0.1, -0.05) is 267 Å². The standard InChI is InChI=1S/C64H48N4Si2/c1-8-26-48(27-9-1)62-65-63(67-64(66-62)68-60-42-24-22-28-49(60)44-50-29-23-25-43-61(50)68)51-45-58(69(52-30-10-2-11-31-52,53-32-12-3-13-33-53)54-34-14-4-15-35-54)47-59(46-51)70(55-36-16-5-17-37-55,56-38-18-6-19-39-56)57-40-20-7-21-41-57/h1-43,45-47H,44H2. The first-order valence-corrected chi connectivity index (χ1v) is 28.0. The van der Waals surface area contributed by atoms with Gasteiger partial charge in [0.2, 0.25) is 5.95 Å². The minimum atomic E-state index is -3.15. The summed E-state index contributed by atoms with van der Waals surface area (Å²) in [6, 6.07) is 102. The van der Waals surface area contributed by atoms with Crippen molar-refractivity contribution in [2.45, 2.75) is 6.42 Å². The van der Waals surface area contributed by atoms with Crippen LogP contribution in [-0.4, -0.2) is 31.1 Å². The first-order chi connectivity index (χ1) is 34.7. The van der Waals surface area contributed by atoms with Gasteiger partial charge in [0, 0.05) is 17.5 Å². The average Bonchev–Trinajstić information content (AvgIpc) is 3.45. The van der Waals surface area contributed by atoms with Crippen molar-refractivity contribution in [1.82, 2.24) is 15.0 Å². The van der Waals surface area contributed by atoms with Crippen molar-refractivity contribution in [3.8, 4) is 22.8 Å². The summed E-state index contributed by atoms with van der Waals surface area (Å²) in [4.78, 5) is 18.9. The third kappa shape index (κ3) is 7.42. The van der Waals surface area contributed by atoms with E-state index in [4.69, 9.17) is 15.0 Å². The zero-order valence-corrected chi connectivity index (χ0v) is 40.6. The minimum absolute atomic E-state index is 0.575. The van der Waals surface area contributed by atoms with Crippen molar-refractivity contribution < 1.29 is 0 Å². The van der Waals surface area contributed by atoms with Crippen LogP contribution in [0.15, 0.2) is 279 Å². The molecule has 332 valence electrons. The summed E-state index contributed by atoms with van der Waals surface area (Å²) in [6.07, 6.45) is 0.827. The second kappa shape index (κ2) is 18.5. The van der Waals surface area contributed by atoms with Gasteiger partial charge in [-0.05, 0) is 64.8 Å². The summed E-state index contributed by atoms with van der Waals surface area (Å²) in [5.41, 5.74) is 6.44. The molecule has 2 heterocycles. The molecular weight excluding hydrogens is 881 g/mol. The molecule has 0 fully saturated rings. The Balaban J connectivity index is 1.25. The van der Waals surface area contributed by atoms with E-state index in [2.05, 4.69) is 278 Å². The lowest BCUT2D eigenvalue weighted by Gasteiger charge is -2.38. The van der Waals surface area contributed by atoms with Crippen molar-refractivity contribution in [3.63, 3.8) is 0 Å². The minimum Gasteiger partial charge on any atom is -0.278 e. The summed E-state index contributed by atoms with van der Waals surface area (Å²) in [6.45, 7) is 0. The second-order valence-electron chi connectivity index (χ2n) is 17.9. The highest BCUT2D eigenvalue weighted by Crippen LogP contribution is 2.43. The molecule has 6 heteroatoms. The maximum atomic E-state index is 5.67. The molecule has 4 nitrogen and oxygen atoms in total. The van der Waals surface area contributed by atoms with E-state index in [0.717, 1.165) is 28.9 Å². The van der Waals surface area contributed by atoms with Crippen molar-refractivity contribution in [3.05, 3.63) is 290 Å². The van der Waals surface area contributed by atoms with Gasteiger partial charge in [0.25, 0.3) is 0 Å². The van der Waals surface area contributed by atoms with Gasteiger partial charge in [0.15, 0.2) is 27.8 Å². The molecule has 0 saturated heterocycles. The molecule has 0 N–H and O–H groups in total. The fraction of sp³-hybridized carbons (Fsp3) is 0.0156. The molecule has 0 spiro atoms. The molecule has 0 amide bonds. The van der Waals surface area contributed by atoms with Gasteiger partial charge in [-0.15, -0.1) is 0 Å². The van der Waals surface area contributed by atoms with E-state index in [1.807, 2.05) is 6.07 Å². The van der Waals surface area contributed by atoms with E-state index in [-0.39, 0.29) is 0 Å². The Morgan fingerprint density at radius 2 is 0.571 bits per heavy atom. The lowest BCUT2D eigenvalue weighted by Crippen LogP contribution is -2.78. The Bertz CT molecular complexity index is 3180. The van der Waals surface area contributed by atoms with Gasteiger partial charge >= 0.3 is 0 Å². The molecule has 1 aromatic heterocycles. The van der Waals surface area contributed by atoms with Crippen LogP contribution in [0.25, 0.3) is 22.8 Å². The van der Waals surface area contributed by atoms with E-state index in [1.54, 1.807) is 0 Å². The topological polar surface area (TPSA) is 41.9 Å². The van der Waals surface area contributed by atoms with E-state index in [0.29, 0.717) is 17.6 Å². The Hall–Kier alpha value is -8.56. The normalized spacial score (nSPS) is 12.2. The van der Waals surface area contributed by atoms with Gasteiger partial charge < -0.3 is 0 Å². The Morgan fingerprint density at radius 1 is 0.271 bits per heavy atom. The zero-order valence-electron chi connectivity index (χ0n) is 38.6. The maximum absolute atomic E-state index is 5.67. The lowest BCUT2D eigenvalue weighted by molar-refractivity contribution is 0.990. The van der Waals surface area contributed by atoms with Gasteiger partial charge in [-0.2, -0.15) is 9.97 Å². The summed E-state index contributed by atoms with van der Waals surface area (Å²) >= 11 is 0. The van der Waals surface area contributed by atoms with Crippen LogP contribution in [-0.2, 0) is 6.42 Å². The molecule has 0 bridgehead atoms. The summed E-state index contributed by atoms with van der Waals surface area (Å²) in [5, 5.41) is 10.3. The van der Waals surface area contributed by atoms with Crippen LogP contribution >= 0.6 is 0 Å². The van der Waals surface area contributed by atoms with Crippen LogP contribution < -0.4 is 46.4 Å². The average molecular weight is 929 g/mol. The predicted octanol–water partition coefficient (Wildman–Crippen LogP) is 9.33. The van der Waals surface area contributed by atoms with Crippen molar-refractivity contribution >= 4 is 75.0 Å². The highest BCUT2D eigenvalue weighted by molar-refractivity contribution is 7.22. The molecule has 12 rings (SSSR count). The van der Waals surface area contributed by atoms with Crippen LogP contribution in [0.5, 0.6) is 0 Å². The van der Waals surface area contributed by atoms with Crippen molar-refractivity contribution in [2.75, 3.05) is 4.90 Å². The van der Waals surface area contributed by atoms with Crippen LogP contribution in [0, 0.1) is 0 Å². The fourth-order valence-electron chi connectivity index (χ4n) is 10.9. The molecule has 0 saturated carbocycles. The molecule has 70 heavy (non-hydrogen) atoms. The molecular formula is C64H48N4Si2. The number of rotatable bonds is 11. The molecule has 10 aromatic carbocycles. The smallest absolute Gasteiger partial charge is 0.238 e. The van der Waals surface area contributed by atoms with Crippen LogP contribution in [0.2, 0.25) is 0 Å². The van der Waals surface area contributed by atoms with Crippen molar-refractivity contribution in [2.24, 2.45) is 0 Å². The molecule has 0 radical (unpaired) electrons. The largest absolute Gasteiger partial charge is 0.278 e. The third-order valence-corrected chi connectivity index (χ3v) is 23.5. The summed E-state index contributed by atoms with van der Waals surface area (Å²) in [7, 11) is -6.31. The Kier molecular flexibility index (Phi) is 11.3. The van der Waals surface area contributed by atoms with Gasteiger partial charge in [0.1, 0.15) is 0 Å². The van der Waals surface area contributed by atoms with Crippen LogP contribution in [0.3, 0.4) is 0 Å². The van der Waals surface area contributed by atoms with E-state index >= 15 is 0 Å². The van der Waals surface area contributed by atoms with Gasteiger partial charge in [0.05, 0.1) is 11.4 Å². The zero-order chi connectivity index (χ0) is 46.7. The van der Waals surface area contributed by atoms with Gasteiger partial charge in [-0.3, -0.25) is 4.90 Å². The molecule has 0 unspecified atom stereocenters. The Morgan fingerprint density at radius 3 is 0.929 bits per heavy atom. The number of aromatic nitrogens is 3. The number of benzene rings is 10. The van der Waals surface area contributed by atoms with E-state index in [1.165, 1.54) is 52.6 Å². The van der Waals surface area contributed by atoms with Crippen LogP contribution in [0.1, 0.15) is 11.1 Å². The monoisotopic (exact) mass is 928 g/mol. The second-order valence-corrected chi connectivity index (χ2v) is 25.5. The summed E-state index contributed by atoms with van der Waals surface area (Å²) in [5.74, 6) is 1.80. The maximum Gasteiger partial charge on any atom is 0.238 e. The quantitative estimate of drug-likeness (QED) is 0.0959. The van der Waals surface area contributed by atoms with Crippen LogP contribution in [0.4, 0.5) is 17.3 Å². The first-order valence-electron chi connectivity index (χ1n) is 24.0. The number of para-hydroxylation sites is 2. The summed E-state index contributed by atoms with van der Waals surface area (Å²) < 4.78 is 0. The predicted molar refractivity (Wildman–Crippen MR) is 295 cm³/mol.